The molecule has 0 aliphatic carbocycles. The molecule has 1 atom stereocenters. The van der Waals surface area contributed by atoms with Crippen LogP contribution in [0.2, 0.25) is 0 Å². The van der Waals surface area contributed by atoms with E-state index in [-0.39, 0.29) is 43.9 Å². The molecule has 0 radical (unpaired) electrons. The van der Waals surface area contributed by atoms with E-state index in [0.717, 1.165) is 56.0 Å². The van der Waals surface area contributed by atoms with Gasteiger partial charge in [-0.05, 0) is 87.8 Å². The fraction of sp³-hybridized carbons (Fsp3) is 0.200. The summed E-state index contributed by atoms with van der Waals surface area (Å²) in [6.07, 6.45) is 1.94. The molecule has 0 fully saturated rings. The third kappa shape index (κ3) is 7.29. The third-order valence-corrected chi connectivity index (χ3v) is 13.6. The zero-order valence-corrected chi connectivity index (χ0v) is 40.7. The molecule has 2 aliphatic heterocycles. The summed E-state index contributed by atoms with van der Waals surface area (Å²) >= 11 is 0. The first-order chi connectivity index (χ1) is 31.4. The topological polar surface area (TPSA) is 42.7 Å². The predicted molar refractivity (Wildman–Crippen MR) is 267 cm³/mol. The molecule has 6 heteroatoms. The largest absolute Gasteiger partial charge is 2.00 e. The van der Waals surface area contributed by atoms with Gasteiger partial charge in [-0.2, -0.15) is 6.07 Å². The SMILES string of the molecule is CC(C)(C)c1ccnc(-n2c3[c-]c4c(cc3c3ccccc32)C(C)(C)c2ccccc2N4c2[c-]c(C3=N[C@H](C(c4ccccc4)c4ccccc4)C(C)(C)O3)cc(-c3ccccc3)c2)c1.[Pt+2]. The average Bonchev–Trinajstić information content (AvgIpc) is 3.82. The van der Waals surface area contributed by atoms with E-state index in [2.05, 4.69) is 240 Å². The van der Waals surface area contributed by atoms with Crippen molar-refractivity contribution in [1.82, 2.24) is 9.55 Å². The van der Waals surface area contributed by atoms with Crippen molar-refractivity contribution in [2.24, 2.45) is 4.99 Å². The van der Waals surface area contributed by atoms with Crippen LogP contribution in [0.25, 0.3) is 38.8 Å². The molecule has 0 amide bonds. The number of hydrogen-bond donors (Lipinski definition) is 0. The zero-order chi connectivity index (χ0) is 44.7. The number of benzene rings is 7. The molecule has 5 nitrogen and oxygen atoms in total. The summed E-state index contributed by atoms with van der Waals surface area (Å²) in [5, 5.41) is 2.31. The van der Waals surface area contributed by atoms with Gasteiger partial charge in [-0.15, -0.1) is 35.2 Å². The quantitative estimate of drug-likeness (QED) is 0.149. The van der Waals surface area contributed by atoms with E-state index >= 15 is 0 Å². The summed E-state index contributed by atoms with van der Waals surface area (Å²) in [6.45, 7) is 15.8. The number of ether oxygens (including phenoxy) is 1. The van der Waals surface area contributed by atoms with Crippen molar-refractivity contribution in [3.63, 3.8) is 0 Å². The Hall–Kier alpha value is -6.55. The molecule has 2 aromatic heterocycles. The van der Waals surface area contributed by atoms with Crippen molar-refractivity contribution >= 4 is 44.8 Å². The Kier molecular flexibility index (Phi) is 10.8. The number of fused-ring (bicyclic) bond motifs is 5. The Balaban J connectivity index is 0.00000511. The van der Waals surface area contributed by atoms with E-state index in [0.29, 0.717) is 5.90 Å². The molecule has 7 aromatic carbocycles. The second-order valence-corrected chi connectivity index (χ2v) is 19.7. The summed E-state index contributed by atoms with van der Waals surface area (Å²) in [4.78, 5) is 12.9. The molecule has 328 valence electrons. The zero-order valence-electron chi connectivity index (χ0n) is 38.4. The van der Waals surface area contributed by atoms with Crippen molar-refractivity contribution in [2.75, 3.05) is 4.90 Å². The van der Waals surface area contributed by atoms with Gasteiger partial charge in [0, 0.05) is 23.3 Å². The van der Waals surface area contributed by atoms with Crippen LogP contribution in [0, 0.1) is 12.1 Å². The molecule has 66 heavy (non-hydrogen) atoms. The number of nitrogens with zero attached hydrogens (tertiary/aromatic N) is 4. The number of hydrogen-bond acceptors (Lipinski definition) is 4. The van der Waals surface area contributed by atoms with Gasteiger partial charge in [0.1, 0.15) is 17.3 Å². The molecular formula is C60H52N4OPt. The smallest absolute Gasteiger partial charge is 0.512 e. The van der Waals surface area contributed by atoms with Crippen LogP contribution in [0.4, 0.5) is 17.1 Å². The van der Waals surface area contributed by atoms with Crippen molar-refractivity contribution in [2.45, 2.75) is 76.9 Å². The maximum absolute atomic E-state index is 7.05. The Morgan fingerprint density at radius 1 is 0.636 bits per heavy atom. The Morgan fingerprint density at radius 2 is 1.27 bits per heavy atom. The van der Waals surface area contributed by atoms with E-state index in [9.17, 15) is 0 Å². The van der Waals surface area contributed by atoms with Crippen molar-refractivity contribution in [3.8, 4) is 16.9 Å². The summed E-state index contributed by atoms with van der Waals surface area (Å²) in [7, 11) is 0. The first kappa shape index (κ1) is 43.3. The standard InChI is InChI=1S/C60H52N4O.Pt/c1-58(2,3)44-31-32-61-54(36-44)64-50-29-19-17-27-46(50)47-37-49-53(38-52(47)64)63(51-30-20-18-28-48(51)59(49,4)5)45-34-42(39-21-11-8-12-22-39)33-43(35-45)57-62-56(60(6,7)65-57)55(40-23-13-9-14-24-40)41-25-15-10-16-26-41;/h8-34,36-37,55-56H,1-7H3;/q-2;+2/t56-;/m1./s1. The first-order valence-corrected chi connectivity index (χ1v) is 22.7. The Labute approximate surface area is 403 Å². The summed E-state index contributed by atoms with van der Waals surface area (Å²) in [5.74, 6) is 1.44. The van der Waals surface area contributed by atoms with Crippen LogP contribution in [0.15, 0.2) is 181 Å². The molecular weight excluding hydrogens is 988 g/mol. The Morgan fingerprint density at radius 3 is 1.97 bits per heavy atom. The maximum atomic E-state index is 7.05. The number of rotatable bonds is 7. The molecule has 0 bridgehead atoms. The van der Waals surface area contributed by atoms with Gasteiger partial charge in [-0.25, -0.2) is 4.98 Å². The predicted octanol–water partition coefficient (Wildman–Crippen LogP) is 14.6. The van der Waals surface area contributed by atoms with Crippen LogP contribution in [0.5, 0.6) is 0 Å². The van der Waals surface area contributed by atoms with Crippen molar-refractivity contribution < 1.29 is 25.8 Å². The van der Waals surface area contributed by atoms with Gasteiger partial charge in [0.05, 0.1) is 6.04 Å². The molecule has 4 heterocycles. The fourth-order valence-corrected chi connectivity index (χ4v) is 10.2. The number of anilines is 3. The minimum Gasteiger partial charge on any atom is -0.512 e. The Bertz CT molecular complexity index is 3250. The molecule has 0 unspecified atom stereocenters. The van der Waals surface area contributed by atoms with Gasteiger partial charge in [0.25, 0.3) is 0 Å². The number of pyridine rings is 1. The van der Waals surface area contributed by atoms with E-state index in [1.54, 1.807) is 0 Å². The monoisotopic (exact) mass is 1040 g/mol. The maximum Gasteiger partial charge on any atom is 2.00 e. The molecule has 9 aromatic rings. The van der Waals surface area contributed by atoms with E-state index in [1.165, 1.54) is 33.2 Å². The van der Waals surface area contributed by atoms with Crippen LogP contribution in [0.3, 0.4) is 0 Å². The molecule has 0 saturated carbocycles. The van der Waals surface area contributed by atoms with E-state index in [4.69, 9.17) is 14.7 Å². The second kappa shape index (κ2) is 16.4. The first-order valence-electron chi connectivity index (χ1n) is 22.7. The van der Waals surface area contributed by atoms with Crippen molar-refractivity contribution in [3.05, 3.63) is 222 Å². The summed E-state index contributed by atoms with van der Waals surface area (Å²) in [6, 6.07) is 68.5. The van der Waals surface area contributed by atoms with Gasteiger partial charge in [-0.3, -0.25) is 4.99 Å². The minimum absolute atomic E-state index is 0. The van der Waals surface area contributed by atoms with Crippen LogP contribution in [-0.2, 0) is 36.6 Å². The minimum atomic E-state index is -0.623. The third-order valence-electron chi connectivity index (χ3n) is 13.6. The molecule has 11 rings (SSSR count). The second-order valence-electron chi connectivity index (χ2n) is 19.7. The number of aliphatic imine (C=N–C) groups is 1. The molecule has 2 aliphatic rings. The van der Waals surface area contributed by atoms with Crippen LogP contribution < -0.4 is 4.90 Å². The fourth-order valence-electron chi connectivity index (χ4n) is 10.2. The summed E-state index contributed by atoms with van der Waals surface area (Å²) < 4.78 is 9.34. The molecule has 0 spiro atoms. The van der Waals surface area contributed by atoms with Crippen molar-refractivity contribution in [1.29, 1.82) is 0 Å². The molecule has 0 N–H and O–H groups in total. The summed E-state index contributed by atoms with van der Waals surface area (Å²) in [5.41, 5.74) is 13.0. The normalized spacial score (nSPS) is 16.1. The van der Waals surface area contributed by atoms with E-state index in [1.807, 2.05) is 6.20 Å². The van der Waals surface area contributed by atoms with Gasteiger partial charge in [-0.1, -0.05) is 184 Å². The van der Waals surface area contributed by atoms with Gasteiger partial charge in [0.2, 0.25) is 0 Å². The van der Waals surface area contributed by atoms with Crippen LogP contribution in [0.1, 0.15) is 87.8 Å². The average molecular weight is 1040 g/mol. The van der Waals surface area contributed by atoms with E-state index < -0.39 is 5.60 Å². The van der Waals surface area contributed by atoms with Gasteiger partial charge >= 0.3 is 21.1 Å². The van der Waals surface area contributed by atoms with Crippen LogP contribution >= 0.6 is 0 Å². The number of para-hydroxylation sites is 2. The van der Waals surface area contributed by atoms with Crippen LogP contribution in [-0.4, -0.2) is 27.1 Å². The number of aromatic nitrogens is 2. The van der Waals surface area contributed by atoms with Gasteiger partial charge in [0.15, 0.2) is 0 Å². The van der Waals surface area contributed by atoms with Gasteiger partial charge < -0.3 is 14.2 Å². The molecule has 0 saturated heterocycles.